The first-order valence-electron chi connectivity index (χ1n) is 7.59. The Morgan fingerprint density at radius 2 is 1.75 bits per heavy atom. The summed E-state index contributed by atoms with van der Waals surface area (Å²) in [6.07, 6.45) is 0. The summed E-state index contributed by atoms with van der Waals surface area (Å²) in [5.74, 6) is -0.453. The van der Waals surface area contributed by atoms with Gasteiger partial charge >= 0.3 is 0 Å². The normalized spacial score (nSPS) is 10.6. The van der Waals surface area contributed by atoms with E-state index in [0.717, 1.165) is 22.0 Å². The first kappa shape index (κ1) is 15.7. The lowest BCUT2D eigenvalue weighted by molar-refractivity contribution is -0.114. The Morgan fingerprint density at radius 3 is 2.46 bits per heavy atom. The number of carbonyl (C=O) groups excluding carboxylic acids is 2. The maximum atomic E-state index is 12.6. The number of aromatic amines is 1. The zero-order valence-corrected chi connectivity index (χ0v) is 13.7. The fourth-order valence-corrected chi connectivity index (χ4v) is 2.58. The molecular formula is C18H18N4O2. The van der Waals surface area contributed by atoms with Crippen LogP contribution in [0.25, 0.3) is 10.9 Å². The lowest BCUT2D eigenvalue weighted by Gasteiger charge is -2.12. The van der Waals surface area contributed by atoms with E-state index in [0.29, 0.717) is 17.1 Å². The number of rotatable bonds is 3. The quantitative estimate of drug-likeness (QED) is 0.691. The molecule has 0 saturated carbocycles. The molecule has 0 aliphatic heterocycles. The standard InChI is InChI=1S/C18H18N4O2/c1-10-7-8-16-13(9-10)17(22-21-16)18(24)20-15-6-4-5-14(11(15)2)19-12(3)23/h4-9H,1-3H3,(H,19,23)(H,20,24)(H,21,22). The molecule has 0 bridgehead atoms. The largest absolute Gasteiger partial charge is 0.326 e. The van der Waals surface area contributed by atoms with Crippen molar-refractivity contribution in [2.45, 2.75) is 20.8 Å². The van der Waals surface area contributed by atoms with Crippen LogP contribution in [0.15, 0.2) is 36.4 Å². The fraction of sp³-hybridized carbons (Fsp3) is 0.167. The zero-order chi connectivity index (χ0) is 17.3. The van der Waals surface area contributed by atoms with Crippen LogP contribution >= 0.6 is 0 Å². The van der Waals surface area contributed by atoms with Gasteiger partial charge in [0.15, 0.2) is 5.69 Å². The molecule has 3 rings (SSSR count). The highest BCUT2D eigenvalue weighted by molar-refractivity contribution is 6.11. The van der Waals surface area contributed by atoms with Crippen LogP contribution in [0.2, 0.25) is 0 Å². The molecule has 0 spiro atoms. The van der Waals surface area contributed by atoms with E-state index in [4.69, 9.17) is 0 Å². The number of hydrogen-bond donors (Lipinski definition) is 3. The van der Waals surface area contributed by atoms with Gasteiger partial charge in [0.25, 0.3) is 5.91 Å². The van der Waals surface area contributed by atoms with Crippen molar-refractivity contribution >= 4 is 34.1 Å². The van der Waals surface area contributed by atoms with Crippen LogP contribution in [0.4, 0.5) is 11.4 Å². The van der Waals surface area contributed by atoms with Gasteiger partial charge in [-0.05, 0) is 43.7 Å². The Morgan fingerprint density at radius 1 is 1.04 bits per heavy atom. The predicted octanol–water partition coefficient (Wildman–Crippen LogP) is 3.39. The lowest BCUT2D eigenvalue weighted by Crippen LogP contribution is -2.15. The maximum Gasteiger partial charge on any atom is 0.276 e. The van der Waals surface area contributed by atoms with Crippen molar-refractivity contribution in [3.63, 3.8) is 0 Å². The Kier molecular flexibility index (Phi) is 4.04. The summed E-state index contributed by atoms with van der Waals surface area (Å²) in [5, 5.41) is 13.4. The van der Waals surface area contributed by atoms with E-state index in [2.05, 4.69) is 20.8 Å². The average molecular weight is 322 g/mol. The second-order valence-electron chi connectivity index (χ2n) is 5.73. The van der Waals surface area contributed by atoms with Crippen LogP contribution in [0.3, 0.4) is 0 Å². The summed E-state index contributed by atoms with van der Waals surface area (Å²) in [6, 6.07) is 11.1. The number of carbonyl (C=O) groups is 2. The third-order valence-electron chi connectivity index (χ3n) is 3.83. The van der Waals surface area contributed by atoms with E-state index in [9.17, 15) is 9.59 Å². The highest BCUT2D eigenvalue weighted by atomic mass is 16.2. The Balaban J connectivity index is 1.92. The third-order valence-corrected chi connectivity index (χ3v) is 3.83. The molecule has 0 unspecified atom stereocenters. The highest BCUT2D eigenvalue weighted by Crippen LogP contribution is 2.25. The Labute approximate surface area is 139 Å². The van der Waals surface area contributed by atoms with Crippen LogP contribution in [0.5, 0.6) is 0 Å². The molecule has 0 atom stereocenters. The number of benzene rings is 2. The lowest BCUT2D eigenvalue weighted by atomic mass is 10.1. The molecule has 122 valence electrons. The zero-order valence-electron chi connectivity index (χ0n) is 13.7. The van der Waals surface area contributed by atoms with Crippen LogP contribution in [0, 0.1) is 13.8 Å². The third kappa shape index (κ3) is 2.99. The molecular weight excluding hydrogens is 304 g/mol. The second kappa shape index (κ2) is 6.16. The molecule has 3 aromatic rings. The number of nitrogens with zero attached hydrogens (tertiary/aromatic N) is 1. The number of H-pyrrole nitrogens is 1. The molecule has 2 aromatic carbocycles. The number of aromatic nitrogens is 2. The number of aryl methyl sites for hydroxylation is 1. The molecule has 24 heavy (non-hydrogen) atoms. The monoisotopic (exact) mass is 322 g/mol. The molecule has 1 heterocycles. The van der Waals surface area contributed by atoms with E-state index >= 15 is 0 Å². The number of hydrogen-bond acceptors (Lipinski definition) is 3. The Hall–Kier alpha value is -3.15. The highest BCUT2D eigenvalue weighted by Gasteiger charge is 2.16. The minimum Gasteiger partial charge on any atom is -0.326 e. The van der Waals surface area contributed by atoms with Crippen LogP contribution in [-0.4, -0.2) is 22.0 Å². The molecule has 6 heteroatoms. The smallest absolute Gasteiger partial charge is 0.276 e. The van der Waals surface area contributed by atoms with Gasteiger partial charge in [-0.1, -0.05) is 17.7 Å². The topological polar surface area (TPSA) is 86.9 Å². The summed E-state index contributed by atoms with van der Waals surface area (Å²) in [6.45, 7) is 5.26. The van der Waals surface area contributed by atoms with Gasteiger partial charge in [-0.3, -0.25) is 14.7 Å². The summed E-state index contributed by atoms with van der Waals surface area (Å²) in [5.41, 5.74) is 4.31. The first-order chi connectivity index (χ1) is 11.5. The maximum absolute atomic E-state index is 12.6. The second-order valence-corrected chi connectivity index (χ2v) is 5.73. The van der Waals surface area contributed by atoms with E-state index in [1.54, 1.807) is 18.2 Å². The summed E-state index contributed by atoms with van der Waals surface area (Å²) in [4.78, 5) is 23.9. The van der Waals surface area contributed by atoms with Crippen molar-refractivity contribution in [3.8, 4) is 0 Å². The number of anilines is 2. The number of nitrogens with one attached hydrogen (secondary N) is 3. The summed E-state index contributed by atoms with van der Waals surface area (Å²) >= 11 is 0. The van der Waals surface area contributed by atoms with Crippen LogP contribution < -0.4 is 10.6 Å². The molecule has 0 fully saturated rings. The van der Waals surface area contributed by atoms with Crippen molar-refractivity contribution in [3.05, 3.63) is 53.2 Å². The molecule has 1 aromatic heterocycles. The van der Waals surface area contributed by atoms with E-state index in [1.165, 1.54) is 6.92 Å². The van der Waals surface area contributed by atoms with Crippen LogP contribution in [-0.2, 0) is 4.79 Å². The van der Waals surface area contributed by atoms with E-state index in [1.807, 2.05) is 32.0 Å². The van der Waals surface area contributed by atoms with Gasteiger partial charge in [0.1, 0.15) is 0 Å². The van der Waals surface area contributed by atoms with Gasteiger partial charge < -0.3 is 10.6 Å². The van der Waals surface area contributed by atoms with E-state index < -0.39 is 0 Å². The first-order valence-corrected chi connectivity index (χ1v) is 7.59. The molecule has 0 aliphatic carbocycles. The average Bonchev–Trinajstić information content (AvgIpc) is 2.93. The SMILES string of the molecule is CC(=O)Nc1cccc(NC(=O)c2n[nH]c3ccc(C)cc23)c1C. The van der Waals surface area contributed by atoms with Gasteiger partial charge in [-0.2, -0.15) is 5.10 Å². The molecule has 2 amide bonds. The van der Waals surface area contributed by atoms with Gasteiger partial charge in [0.2, 0.25) is 5.91 Å². The fourth-order valence-electron chi connectivity index (χ4n) is 2.58. The van der Waals surface area contributed by atoms with Crippen molar-refractivity contribution in [1.82, 2.24) is 10.2 Å². The van der Waals surface area contributed by atoms with E-state index in [-0.39, 0.29) is 11.8 Å². The van der Waals surface area contributed by atoms with Gasteiger partial charge in [-0.25, -0.2) is 0 Å². The molecule has 0 radical (unpaired) electrons. The van der Waals surface area contributed by atoms with Crippen LogP contribution in [0.1, 0.15) is 28.5 Å². The van der Waals surface area contributed by atoms with Crippen molar-refractivity contribution in [2.75, 3.05) is 10.6 Å². The summed E-state index contributed by atoms with van der Waals surface area (Å²) < 4.78 is 0. The molecule has 3 N–H and O–H groups in total. The van der Waals surface area contributed by atoms with Crippen molar-refractivity contribution in [1.29, 1.82) is 0 Å². The summed E-state index contributed by atoms with van der Waals surface area (Å²) in [7, 11) is 0. The van der Waals surface area contributed by atoms with Crippen molar-refractivity contribution < 1.29 is 9.59 Å². The molecule has 0 saturated heterocycles. The van der Waals surface area contributed by atoms with Gasteiger partial charge in [0.05, 0.1) is 5.52 Å². The number of fused-ring (bicyclic) bond motifs is 1. The minimum atomic E-state index is -0.296. The van der Waals surface area contributed by atoms with Crippen molar-refractivity contribution in [2.24, 2.45) is 0 Å². The minimum absolute atomic E-state index is 0.157. The van der Waals surface area contributed by atoms with Gasteiger partial charge in [-0.15, -0.1) is 0 Å². The Bertz CT molecular complexity index is 943. The predicted molar refractivity (Wildman–Crippen MR) is 94.3 cm³/mol. The van der Waals surface area contributed by atoms with Gasteiger partial charge in [0, 0.05) is 23.7 Å². The molecule has 6 nitrogen and oxygen atoms in total. The number of amides is 2. The molecule has 0 aliphatic rings.